The third-order valence-corrected chi connectivity index (χ3v) is 6.82. The highest BCUT2D eigenvalue weighted by Crippen LogP contribution is 2.40. The predicted molar refractivity (Wildman–Crippen MR) is 148 cm³/mol. The van der Waals surface area contributed by atoms with Crippen LogP contribution in [0.3, 0.4) is 0 Å². The summed E-state index contributed by atoms with van der Waals surface area (Å²) in [5, 5.41) is 3.40. The summed E-state index contributed by atoms with van der Waals surface area (Å²) in [5.74, 6) is 0.921. The topological polar surface area (TPSA) is 59.8 Å². The van der Waals surface area contributed by atoms with Crippen molar-refractivity contribution in [3.8, 4) is 33.9 Å². The van der Waals surface area contributed by atoms with Crippen LogP contribution >= 0.6 is 0 Å². The van der Waals surface area contributed by atoms with Crippen LogP contribution in [0.2, 0.25) is 0 Å². The average molecular weight is 534 g/mol. The first kappa shape index (κ1) is 26.7. The highest BCUT2D eigenvalue weighted by Gasteiger charge is 2.22. The monoisotopic (exact) mass is 533 g/mol. The Hall–Kier alpha value is -3.91. The standard InChI is InChI=1S/C31H33F2N3O3/c1-3-37-28-17-21(18-29(38-4-2)30(28)23-7-11-25(33)12-8-23)19-36-15-13-26(14-16-36)34-31-35-27(20-39-31)22-5-9-24(32)10-6-22/h5-12,17-18,20,26H,3-4,13-16,19H2,1-2H3,(H,34,35). The van der Waals surface area contributed by atoms with Crippen LogP contribution in [-0.2, 0) is 6.54 Å². The number of anilines is 1. The van der Waals surface area contributed by atoms with Gasteiger partial charge in [0.15, 0.2) is 0 Å². The molecule has 1 N–H and O–H groups in total. The molecule has 0 saturated carbocycles. The maximum Gasteiger partial charge on any atom is 0.295 e. The minimum Gasteiger partial charge on any atom is -0.493 e. The molecule has 5 rings (SSSR count). The number of piperidine rings is 1. The van der Waals surface area contributed by atoms with E-state index in [-0.39, 0.29) is 17.7 Å². The first-order valence-corrected chi connectivity index (χ1v) is 13.4. The van der Waals surface area contributed by atoms with Gasteiger partial charge in [0, 0.05) is 31.2 Å². The van der Waals surface area contributed by atoms with Gasteiger partial charge in [-0.3, -0.25) is 4.90 Å². The summed E-state index contributed by atoms with van der Waals surface area (Å²) in [6, 6.07) is 17.5. The molecule has 8 heteroatoms. The molecule has 1 saturated heterocycles. The van der Waals surface area contributed by atoms with E-state index in [9.17, 15) is 8.78 Å². The summed E-state index contributed by atoms with van der Waals surface area (Å²) < 4.78 is 44.4. The second-order valence-corrected chi connectivity index (χ2v) is 9.58. The van der Waals surface area contributed by atoms with E-state index in [4.69, 9.17) is 13.9 Å². The lowest BCUT2D eigenvalue weighted by atomic mass is 9.99. The third kappa shape index (κ3) is 6.57. The first-order valence-electron chi connectivity index (χ1n) is 13.4. The van der Waals surface area contributed by atoms with E-state index in [0.717, 1.165) is 66.2 Å². The number of rotatable bonds is 10. The number of oxazole rings is 1. The molecule has 0 amide bonds. The molecule has 0 bridgehead atoms. The molecule has 204 valence electrons. The number of hydrogen-bond acceptors (Lipinski definition) is 6. The Morgan fingerprint density at radius 3 is 2.00 bits per heavy atom. The zero-order valence-corrected chi connectivity index (χ0v) is 22.3. The van der Waals surface area contributed by atoms with Crippen LogP contribution in [0.4, 0.5) is 14.8 Å². The number of hydrogen-bond donors (Lipinski definition) is 1. The van der Waals surface area contributed by atoms with Gasteiger partial charge in [-0.2, -0.15) is 4.98 Å². The van der Waals surface area contributed by atoms with Crippen molar-refractivity contribution < 1.29 is 22.7 Å². The van der Waals surface area contributed by atoms with Gasteiger partial charge in [-0.05, 0) is 86.3 Å². The van der Waals surface area contributed by atoms with Crippen LogP contribution in [-0.4, -0.2) is 42.2 Å². The van der Waals surface area contributed by atoms with Crippen molar-refractivity contribution in [3.63, 3.8) is 0 Å². The number of ether oxygens (including phenoxy) is 2. The molecule has 0 aliphatic carbocycles. The van der Waals surface area contributed by atoms with Gasteiger partial charge in [-0.15, -0.1) is 0 Å². The van der Waals surface area contributed by atoms with Crippen LogP contribution in [0.15, 0.2) is 71.3 Å². The molecule has 39 heavy (non-hydrogen) atoms. The maximum absolute atomic E-state index is 13.6. The van der Waals surface area contributed by atoms with Gasteiger partial charge >= 0.3 is 0 Å². The van der Waals surface area contributed by atoms with Crippen molar-refractivity contribution in [3.05, 3.63) is 84.1 Å². The summed E-state index contributed by atoms with van der Waals surface area (Å²) in [6.45, 7) is 7.54. The zero-order chi connectivity index (χ0) is 27.2. The Balaban J connectivity index is 1.24. The fourth-order valence-corrected chi connectivity index (χ4v) is 4.94. The summed E-state index contributed by atoms with van der Waals surface area (Å²) >= 11 is 0. The number of aromatic nitrogens is 1. The summed E-state index contributed by atoms with van der Waals surface area (Å²) in [5.41, 5.74) is 4.29. The molecule has 0 spiro atoms. The molecular formula is C31H33F2N3O3. The Labute approximate surface area is 227 Å². The van der Waals surface area contributed by atoms with Crippen molar-refractivity contribution in [2.45, 2.75) is 39.3 Å². The maximum atomic E-state index is 13.6. The average Bonchev–Trinajstić information content (AvgIpc) is 3.40. The van der Waals surface area contributed by atoms with Crippen LogP contribution in [0, 0.1) is 11.6 Å². The van der Waals surface area contributed by atoms with E-state index in [1.165, 1.54) is 24.3 Å². The second kappa shape index (κ2) is 12.3. The molecule has 1 aromatic heterocycles. The molecule has 1 aliphatic heterocycles. The fraction of sp³-hybridized carbons (Fsp3) is 0.323. The SMILES string of the molecule is CCOc1cc(CN2CCC(Nc3nc(-c4ccc(F)cc4)co3)CC2)cc(OCC)c1-c1ccc(F)cc1. The lowest BCUT2D eigenvalue weighted by molar-refractivity contribution is 0.209. The minimum absolute atomic E-state index is 0.250. The van der Waals surface area contributed by atoms with Crippen LogP contribution < -0.4 is 14.8 Å². The molecule has 4 aromatic rings. The molecule has 3 aromatic carbocycles. The van der Waals surface area contributed by atoms with E-state index >= 15 is 0 Å². The summed E-state index contributed by atoms with van der Waals surface area (Å²) in [7, 11) is 0. The van der Waals surface area contributed by atoms with Crippen LogP contribution in [0.1, 0.15) is 32.3 Å². The highest BCUT2D eigenvalue weighted by atomic mass is 19.1. The van der Waals surface area contributed by atoms with E-state index in [1.807, 2.05) is 13.8 Å². The zero-order valence-electron chi connectivity index (χ0n) is 22.3. The molecule has 6 nitrogen and oxygen atoms in total. The normalized spacial score (nSPS) is 14.4. The fourth-order valence-electron chi connectivity index (χ4n) is 4.94. The largest absolute Gasteiger partial charge is 0.493 e. The summed E-state index contributed by atoms with van der Waals surface area (Å²) in [6.07, 6.45) is 3.48. The van der Waals surface area contributed by atoms with Crippen molar-refractivity contribution in [2.75, 3.05) is 31.6 Å². The number of nitrogens with zero attached hydrogens (tertiary/aromatic N) is 2. The number of likely N-dealkylation sites (tertiary alicyclic amines) is 1. The lowest BCUT2D eigenvalue weighted by Crippen LogP contribution is -2.38. The predicted octanol–water partition coefficient (Wildman–Crippen LogP) is 7.16. The smallest absolute Gasteiger partial charge is 0.295 e. The molecule has 0 radical (unpaired) electrons. The van der Waals surface area contributed by atoms with Gasteiger partial charge in [-0.25, -0.2) is 8.78 Å². The Bertz CT molecular complexity index is 1340. The Morgan fingerprint density at radius 2 is 1.44 bits per heavy atom. The van der Waals surface area contributed by atoms with E-state index in [2.05, 4.69) is 27.3 Å². The quantitative estimate of drug-likeness (QED) is 0.233. The van der Waals surface area contributed by atoms with Gasteiger partial charge in [0.05, 0.1) is 18.8 Å². The van der Waals surface area contributed by atoms with Gasteiger partial charge in [0.25, 0.3) is 6.01 Å². The van der Waals surface area contributed by atoms with Crippen molar-refractivity contribution in [1.29, 1.82) is 0 Å². The third-order valence-electron chi connectivity index (χ3n) is 6.82. The summed E-state index contributed by atoms with van der Waals surface area (Å²) in [4.78, 5) is 6.93. The Kier molecular flexibility index (Phi) is 8.42. The highest BCUT2D eigenvalue weighted by molar-refractivity contribution is 5.77. The van der Waals surface area contributed by atoms with E-state index in [1.54, 1.807) is 30.5 Å². The molecule has 1 aliphatic rings. The van der Waals surface area contributed by atoms with Gasteiger partial charge in [0.1, 0.15) is 35.1 Å². The van der Waals surface area contributed by atoms with Gasteiger partial charge in [0.2, 0.25) is 0 Å². The molecule has 0 unspecified atom stereocenters. The van der Waals surface area contributed by atoms with E-state index < -0.39 is 0 Å². The van der Waals surface area contributed by atoms with Crippen molar-refractivity contribution >= 4 is 6.01 Å². The van der Waals surface area contributed by atoms with Crippen molar-refractivity contribution in [1.82, 2.24) is 9.88 Å². The first-order chi connectivity index (χ1) is 19.0. The second-order valence-electron chi connectivity index (χ2n) is 9.58. The Morgan fingerprint density at radius 1 is 0.872 bits per heavy atom. The molecule has 1 fully saturated rings. The van der Waals surface area contributed by atoms with Crippen molar-refractivity contribution in [2.24, 2.45) is 0 Å². The molecule has 2 heterocycles. The number of nitrogens with one attached hydrogen (secondary N) is 1. The van der Waals surface area contributed by atoms with Crippen LogP contribution in [0.25, 0.3) is 22.4 Å². The van der Waals surface area contributed by atoms with E-state index in [0.29, 0.717) is 24.9 Å². The minimum atomic E-state index is -0.278. The lowest BCUT2D eigenvalue weighted by Gasteiger charge is -2.32. The molecular weight excluding hydrogens is 500 g/mol. The molecule has 0 atom stereocenters. The number of benzene rings is 3. The van der Waals surface area contributed by atoms with Crippen LogP contribution in [0.5, 0.6) is 11.5 Å². The van der Waals surface area contributed by atoms with Gasteiger partial charge in [-0.1, -0.05) is 12.1 Å². The number of halogens is 2. The van der Waals surface area contributed by atoms with Gasteiger partial charge < -0.3 is 19.2 Å².